The Labute approximate surface area is 57.5 Å². The maximum absolute atomic E-state index is 9.13. The predicted octanol–water partition coefficient (Wildman–Crippen LogP) is -0.592. The Bertz CT molecular complexity index is 179. The third-order valence-electron chi connectivity index (χ3n) is 0.247. The number of carboxylic acid groups (broad SMARTS) is 2. The molecular formula is C6H4O4. The van der Waals surface area contributed by atoms with E-state index in [4.69, 9.17) is 19.8 Å². The van der Waals surface area contributed by atoms with Gasteiger partial charge in [-0.1, -0.05) is 0 Å². The molecule has 4 heteroatoms. The van der Waals surface area contributed by atoms with Crippen LogP contribution in [0.15, 0.2) is 0 Å². The number of hydrogen-bond acceptors (Lipinski definition) is 2. The Balaban J connectivity index is 0. The van der Waals surface area contributed by atoms with Crippen LogP contribution in [-0.2, 0) is 9.59 Å². The fourth-order valence-corrected chi connectivity index (χ4v) is 0. The molecule has 0 saturated heterocycles. The Morgan fingerprint density at radius 3 is 1.10 bits per heavy atom. The molecule has 0 saturated carbocycles. The number of carboxylic acids is 2. The summed E-state index contributed by atoms with van der Waals surface area (Å²) < 4.78 is 0. The molecular weight excluding hydrogens is 136 g/mol. The van der Waals surface area contributed by atoms with Gasteiger partial charge in [-0.05, 0) is 0 Å². The minimum absolute atomic E-state index is 1.22. The lowest BCUT2D eigenvalue weighted by Crippen LogP contribution is -1.83. The van der Waals surface area contributed by atoms with Crippen LogP contribution in [0.1, 0.15) is 0 Å². The van der Waals surface area contributed by atoms with Gasteiger partial charge in [0.05, 0.1) is 0 Å². The highest BCUT2D eigenvalue weighted by Gasteiger charge is 1.74. The summed E-state index contributed by atoms with van der Waals surface area (Å²) >= 11 is 0. The van der Waals surface area contributed by atoms with Gasteiger partial charge in [0, 0.05) is 11.8 Å². The highest BCUT2D eigenvalue weighted by molar-refractivity contribution is 5.85. The van der Waals surface area contributed by atoms with Crippen molar-refractivity contribution in [1.29, 1.82) is 0 Å². The predicted molar refractivity (Wildman–Crippen MR) is 32.9 cm³/mol. The molecule has 0 bridgehead atoms. The van der Waals surface area contributed by atoms with Crippen LogP contribution in [-0.4, -0.2) is 22.2 Å². The summed E-state index contributed by atoms with van der Waals surface area (Å²) in [4.78, 5) is 18.3. The lowest BCUT2D eigenvalue weighted by atomic mass is 10.7. The molecule has 2 N–H and O–H groups in total. The Kier molecular flexibility index (Phi) is 7.72. The van der Waals surface area contributed by atoms with E-state index in [1.54, 1.807) is 0 Å². The fourth-order valence-electron chi connectivity index (χ4n) is 0. The van der Waals surface area contributed by atoms with Gasteiger partial charge in [-0.25, -0.2) is 9.59 Å². The highest BCUT2D eigenvalue weighted by Crippen LogP contribution is 1.45. The summed E-state index contributed by atoms with van der Waals surface area (Å²) in [6, 6.07) is 0. The van der Waals surface area contributed by atoms with Crippen LogP contribution in [0.3, 0.4) is 0 Å². The summed E-state index contributed by atoms with van der Waals surface area (Å²) in [7, 11) is 0. The molecule has 52 valence electrons. The maximum atomic E-state index is 9.13. The van der Waals surface area contributed by atoms with Gasteiger partial charge >= 0.3 is 11.9 Å². The average Bonchev–Trinajstić information content (AvgIpc) is 1.89. The second-order valence-electron chi connectivity index (χ2n) is 0.899. The zero-order valence-corrected chi connectivity index (χ0v) is 4.87. The van der Waals surface area contributed by atoms with Crippen molar-refractivity contribution in [2.24, 2.45) is 0 Å². The van der Waals surface area contributed by atoms with Crippen LogP contribution in [0.4, 0.5) is 0 Å². The van der Waals surface area contributed by atoms with E-state index in [1.807, 2.05) is 0 Å². The van der Waals surface area contributed by atoms with Crippen LogP contribution in [0.2, 0.25) is 0 Å². The smallest absolute Gasteiger partial charge is 0.381 e. The van der Waals surface area contributed by atoms with Gasteiger partial charge in [-0.3, -0.25) is 0 Å². The van der Waals surface area contributed by atoms with Crippen molar-refractivity contribution in [3.63, 3.8) is 0 Å². The third kappa shape index (κ3) is 36.6. The fraction of sp³-hybridized carbons (Fsp3) is 0. The SMILES string of the molecule is C#CC(=O)O.C#CC(=O)O. The molecule has 0 aliphatic rings. The third-order valence-corrected chi connectivity index (χ3v) is 0.247. The number of aliphatic carboxylic acids is 2. The second-order valence-corrected chi connectivity index (χ2v) is 0.899. The zero-order valence-electron chi connectivity index (χ0n) is 4.87. The van der Waals surface area contributed by atoms with Crippen LogP contribution in [0, 0.1) is 24.7 Å². The molecule has 10 heavy (non-hydrogen) atoms. The largest absolute Gasteiger partial charge is 0.472 e. The number of rotatable bonds is 0. The first-order valence-electron chi connectivity index (χ1n) is 1.93. The van der Waals surface area contributed by atoms with Crippen LogP contribution in [0.25, 0.3) is 0 Å². The number of hydrogen-bond donors (Lipinski definition) is 2. The minimum atomic E-state index is -1.22. The van der Waals surface area contributed by atoms with Crippen molar-refractivity contribution in [2.45, 2.75) is 0 Å². The van der Waals surface area contributed by atoms with Crippen molar-refractivity contribution in [1.82, 2.24) is 0 Å². The maximum Gasteiger partial charge on any atom is 0.381 e. The van der Waals surface area contributed by atoms with E-state index in [9.17, 15) is 0 Å². The van der Waals surface area contributed by atoms with Gasteiger partial charge in [-0.15, -0.1) is 12.8 Å². The Morgan fingerprint density at radius 1 is 1.00 bits per heavy atom. The van der Waals surface area contributed by atoms with Crippen molar-refractivity contribution < 1.29 is 19.8 Å². The van der Waals surface area contributed by atoms with E-state index in [-0.39, 0.29) is 0 Å². The van der Waals surface area contributed by atoms with E-state index in [0.29, 0.717) is 0 Å². The molecule has 0 aromatic heterocycles. The van der Waals surface area contributed by atoms with E-state index in [1.165, 1.54) is 11.8 Å². The normalized spacial score (nSPS) is 5.40. The molecule has 0 aliphatic heterocycles. The highest BCUT2D eigenvalue weighted by atomic mass is 16.4. The van der Waals surface area contributed by atoms with Crippen molar-refractivity contribution in [2.75, 3.05) is 0 Å². The summed E-state index contributed by atoms with van der Waals surface area (Å²) in [5.74, 6) is 0.454. The van der Waals surface area contributed by atoms with Crippen molar-refractivity contribution >= 4 is 11.9 Å². The molecule has 0 unspecified atom stereocenters. The van der Waals surface area contributed by atoms with Gasteiger partial charge in [0.15, 0.2) is 0 Å². The van der Waals surface area contributed by atoms with Crippen molar-refractivity contribution in [3.05, 3.63) is 0 Å². The Hall–Kier alpha value is -1.94. The summed E-state index contributed by atoms with van der Waals surface area (Å²) in [6.07, 6.45) is 8.64. The molecule has 0 fully saturated rings. The monoisotopic (exact) mass is 140 g/mol. The van der Waals surface area contributed by atoms with Gasteiger partial charge in [0.1, 0.15) is 0 Å². The van der Waals surface area contributed by atoms with E-state index >= 15 is 0 Å². The second kappa shape index (κ2) is 7.06. The van der Waals surface area contributed by atoms with E-state index in [0.717, 1.165) is 0 Å². The van der Waals surface area contributed by atoms with Crippen LogP contribution < -0.4 is 0 Å². The summed E-state index contributed by atoms with van der Waals surface area (Å²) in [5.41, 5.74) is 0. The first-order chi connectivity index (χ1) is 4.54. The van der Waals surface area contributed by atoms with Crippen LogP contribution >= 0.6 is 0 Å². The van der Waals surface area contributed by atoms with Crippen LogP contribution in [0.5, 0.6) is 0 Å². The summed E-state index contributed by atoms with van der Waals surface area (Å²) in [6.45, 7) is 0. The van der Waals surface area contributed by atoms with Gasteiger partial charge in [-0.2, -0.15) is 0 Å². The van der Waals surface area contributed by atoms with E-state index < -0.39 is 11.9 Å². The van der Waals surface area contributed by atoms with Gasteiger partial charge < -0.3 is 10.2 Å². The molecule has 0 aromatic rings. The lowest BCUT2D eigenvalue weighted by Gasteiger charge is -1.60. The molecule has 0 heterocycles. The molecule has 4 nitrogen and oxygen atoms in total. The first kappa shape index (κ1) is 10.9. The molecule has 0 aromatic carbocycles. The first-order valence-corrected chi connectivity index (χ1v) is 1.93. The molecule has 0 radical (unpaired) electrons. The quantitative estimate of drug-likeness (QED) is 0.441. The molecule has 0 aliphatic carbocycles. The minimum Gasteiger partial charge on any atom is -0.472 e. The molecule has 0 atom stereocenters. The van der Waals surface area contributed by atoms with Crippen molar-refractivity contribution in [3.8, 4) is 24.7 Å². The zero-order chi connectivity index (χ0) is 8.57. The topological polar surface area (TPSA) is 74.6 Å². The van der Waals surface area contributed by atoms with Gasteiger partial charge in [0.2, 0.25) is 0 Å². The molecule has 0 amide bonds. The van der Waals surface area contributed by atoms with Gasteiger partial charge in [0.25, 0.3) is 0 Å². The molecule has 0 spiro atoms. The number of carbonyl (C=O) groups is 2. The average molecular weight is 140 g/mol. The summed E-state index contributed by atoms with van der Waals surface area (Å²) in [5, 5.41) is 15.0. The number of terminal acetylenes is 2. The standard InChI is InChI=1S/2C3H2O2/c2*1-2-3(4)5/h2*1H,(H,4,5). The lowest BCUT2D eigenvalue weighted by molar-refractivity contribution is -0.131. The van der Waals surface area contributed by atoms with E-state index in [2.05, 4.69) is 12.8 Å². The Morgan fingerprint density at radius 2 is 1.10 bits per heavy atom. The molecule has 0 rings (SSSR count).